The van der Waals surface area contributed by atoms with E-state index in [1.807, 2.05) is 0 Å². The Morgan fingerprint density at radius 1 is 1.06 bits per heavy atom. The van der Waals surface area contributed by atoms with Crippen molar-refractivity contribution in [3.05, 3.63) is 5.82 Å². The molecule has 1 aliphatic heterocycles. The monoisotopic (exact) mass is 246 g/mol. The van der Waals surface area contributed by atoms with Crippen molar-refractivity contribution < 1.29 is 26.3 Å². The molecule has 0 N–H and O–H groups in total. The second-order valence-electron chi connectivity index (χ2n) is 3.47. The third-order valence-electron chi connectivity index (χ3n) is 2.13. The minimum atomic E-state index is -4.89. The maximum Gasteiger partial charge on any atom is 0.370 e. The van der Waals surface area contributed by atoms with Crippen molar-refractivity contribution in [3.63, 3.8) is 0 Å². The van der Waals surface area contributed by atoms with Gasteiger partial charge in [0.2, 0.25) is 5.82 Å². The number of rotatable bonds is 0. The van der Waals surface area contributed by atoms with Crippen molar-refractivity contribution in [1.82, 2.24) is 20.2 Å². The van der Waals surface area contributed by atoms with Crippen molar-refractivity contribution in [1.29, 1.82) is 0 Å². The second kappa shape index (κ2) is 2.86. The zero-order valence-corrected chi connectivity index (χ0v) is 7.47. The van der Waals surface area contributed by atoms with Crippen LogP contribution in [0.5, 0.6) is 0 Å². The lowest BCUT2D eigenvalue weighted by Crippen LogP contribution is -2.41. The van der Waals surface area contributed by atoms with Crippen LogP contribution in [0, 0.1) is 0 Å². The van der Waals surface area contributed by atoms with E-state index in [1.54, 1.807) is 0 Å². The van der Waals surface area contributed by atoms with Crippen LogP contribution in [0.15, 0.2) is 0 Å². The molecule has 0 saturated carbocycles. The Hall–Kier alpha value is -1.35. The summed E-state index contributed by atoms with van der Waals surface area (Å²) in [6.45, 7) is -1.39. The maximum atomic E-state index is 13.2. The Morgan fingerprint density at radius 3 is 2.31 bits per heavy atom. The predicted octanol–water partition coefficient (Wildman–Crippen LogP) is 1.44. The van der Waals surface area contributed by atoms with Gasteiger partial charge in [-0.25, -0.2) is 13.5 Å². The van der Waals surface area contributed by atoms with E-state index >= 15 is 0 Å². The van der Waals surface area contributed by atoms with Crippen LogP contribution in [0.3, 0.4) is 0 Å². The molecule has 0 fully saturated rings. The zero-order valence-electron chi connectivity index (χ0n) is 7.47. The van der Waals surface area contributed by atoms with Crippen LogP contribution in [0.25, 0.3) is 0 Å². The molecule has 1 aromatic rings. The zero-order chi connectivity index (χ0) is 12.2. The number of nitrogens with zero attached hydrogens (tertiary/aromatic N) is 4. The predicted molar refractivity (Wildman–Crippen MR) is 36.2 cm³/mol. The van der Waals surface area contributed by atoms with Crippen LogP contribution in [0.2, 0.25) is 0 Å². The molecule has 2 rings (SSSR count). The average molecular weight is 246 g/mol. The van der Waals surface area contributed by atoms with Gasteiger partial charge in [-0.2, -0.15) is 17.6 Å². The maximum absolute atomic E-state index is 13.2. The molecule has 0 atom stereocenters. The molecule has 16 heavy (non-hydrogen) atoms. The molecule has 1 aromatic heterocycles. The molecular formula is C6H4F6N4. The molecule has 0 spiro atoms. The van der Waals surface area contributed by atoms with Crippen molar-refractivity contribution in [2.24, 2.45) is 0 Å². The molecule has 0 radical (unpaired) electrons. The fourth-order valence-corrected chi connectivity index (χ4v) is 1.41. The molecule has 4 nitrogen and oxygen atoms in total. The lowest BCUT2D eigenvalue weighted by Gasteiger charge is -2.24. The van der Waals surface area contributed by atoms with E-state index in [2.05, 4.69) is 15.5 Å². The first kappa shape index (κ1) is 11.1. The van der Waals surface area contributed by atoms with Crippen LogP contribution in [0.4, 0.5) is 26.3 Å². The largest absolute Gasteiger partial charge is 0.370 e. The third-order valence-corrected chi connectivity index (χ3v) is 2.13. The van der Waals surface area contributed by atoms with Gasteiger partial charge in [-0.15, -0.1) is 5.10 Å². The molecule has 0 unspecified atom stereocenters. The van der Waals surface area contributed by atoms with Gasteiger partial charge in [0.05, 0.1) is 6.42 Å². The number of hydrogen-bond acceptors (Lipinski definition) is 3. The highest BCUT2D eigenvalue weighted by molar-refractivity contribution is 5.06. The van der Waals surface area contributed by atoms with E-state index in [9.17, 15) is 26.3 Å². The smallest absolute Gasteiger partial charge is 0.218 e. The van der Waals surface area contributed by atoms with E-state index in [1.165, 1.54) is 0 Å². The summed E-state index contributed by atoms with van der Waals surface area (Å²) in [4.78, 5) is 0. The first-order valence-electron chi connectivity index (χ1n) is 4.06. The topological polar surface area (TPSA) is 43.6 Å². The van der Waals surface area contributed by atoms with E-state index in [-0.39, 0.29) is 4.68 Å². The number of alkyl halides is 6. The van der Waals surface area contributed by atoms with Gasteiger partial charge >= 0.3 is 11.8 Å². The standard InChI is InChI=1S/C6H4F6N4/c7-4(8)1-5(9,10)6(11,12)3-13-14-15-16(3)2-4/h1-2H2. The fraction of sp³-hybridized carbons (Fsp3) is 0.833. The summed E-state index contributed by atoms with van der Waals surface area (Å²) < 4.78 is 78.1. The number of hydrogen-bond donors (Lipinski definition) is 0. The summed E-state index contributed by atoms with van der Waals surface area (Å²) in [5.41, 5.74) is 0. The summed E-state index contributed by atoms with van der Waals surface area (Å²) in [6.07, 6.45) is -2.25. The van der Waals surface area contributed by atoms with Crippen LogP contribution in [-0.2, 0) is 12.5 Å². The number of halogens is 6. The third kappa shape index (κ3) is 1.43. The minimum Gasteiger partial charge on any atom is -0.218 e. The van der Waals surface area contributed by atoms with E-state index in [0.717, 1.165) is 0 Å². The van der Waals surface area contributed by atoms with Gasteiger partial charge in [0, 0.05) is 0 Å². The van der Waals surface area contributed by atoms with Gasteiger partial charge < -0.3 is 0 Å². The molecule has 90 valence electrons. The molecule has 1 aliphatic rings. The second-order valence-corrected chi connectivity index (χ2v) is 3.47. The van der Waals surface area contributed by atoms with Crippen LogP contribution >= 0.6 is 0 Å². The van der Waals surface area contributed by atoms with Gasteiger partial charge in [0.15, 0.2) is 0 Å². The molecule has 0 bridgehead atoms. The lowest BCUT2D eigenvalue weighted by molar-refractivity contribution is -0.242. The number of aromatic nitrogens is 4. The quantitative estimate of drug-likeness (QED) is 0.650. The number of fused-ring (bicyclic) bond motifs is 1. The van der Waals surface area contributed by atoms with Crippen LogP contribution in [0.1, 0.15) is 12.2 Å². The van der Waals surface area contributed by atoms with Crippen molar-refractivity contribution in [2.45, 2.75) is 30.7 Å². The molecule has 0 aromatic carbocycles. The average Bonchev–Trinajstić information content (AvgIpc) is 2.46. The van der Waals surface area contributed by atoms with Crippen molar-refractivity contribution in [3.8, 4) is 0 Å². The Morgan fingerprint density at radius 2 is 1.69 bits per heavy atom. The summed E-state index contributed by atoms with van der Waals surface area (Å²) in [7, 11) is 0. The van der Waals surface area contributed by atoms with Crippen molar-refractivity contribution in [2.75, 3.05) is 0 Å². The highest BCUT2D eigenvalue weighted by atomic mass is 19.3. The molecule has 10 heteroatoms. The first-order chi connectivity index (χ1) is 7.16. The highest BCUT2D eigenvalue weighted by Gasteiger charge is 2.66. The van der Waals surface area contributed by atoms with E-state index < -0.39 is 36.6 Å². The van der Waals surface area contributed by atoms with E-state index in [0.29, 0.717) is 0 Å². The van der Waals surface area contributed by atoms with Crippen LogP contribution < -0.4 is 0 Å². The number of tetrazole rings is 1. The van der Waals surface area contributed by atoms with Gasteiger partial charge in [-0.3, -0.25) is 0 Å². The summed E-state index contributed by atoms with van der Waals surface area (Å²) in [5.74, 6) is -15.2. The molecule has 2 heterocycles. The molecule has 0 amide bonds. The summed E-state index contributed by atoms with van der Waals surface area (Å²) in [6, 6.07) is 0. The van der Waals surface area contributed by atoms with Crippen molar-refractivity contribution >= 4 is 0 Å². The van der Waals surface area contributed by atoms with Gasteiger partial charge in [-0.05, 0) is 10.4 Å². The molecular weight excluding hydrogens is 242 g/mol. The SMILES string of the molecule is FC1(F)Cn2nnnc2C(F)(F)C(F)(F)C1. The molecule has 0 aliphatic carbocycles. The van der Waals surface area contributed by atoms with Gasteiger partial charge in [0.25, 0.3) is 5.92 Å². The van der Waals surface area contributed by atoms with Gasteiger partial charge in [-0.1, -0.05) is 0 Å². The summed E-state index contributed by atoms with van der Waals surface area (Å²) in [5, 5.41) is 8.19. The Labute approximate surface area is 84.2 Å². The van der Waals surface area contributed by atoms with Gasteiger partial charge in [0.1, 0.15) is 6.54 Å². The van der Waals surface area contributed by atoms with Crippen LogP contribution in [-0.4, -0.2) is 32.1 Å². The Bertz CT molecular complexity index is 413. The first-order valence-corrected chi connectivity index (χ1v) is 4.06. The summed E-state index contributed by atoms with van der Waals surface area (Å²) >= 11 is 0. The fourth-order valence-electron chi connectivity index (χ4n) is 1.41. The molecule has 0 saturated heterocycles. The Balaban J connectivity index is 2.59. The lowest BCUT2D eigenvalue weighted by atomic mass is 10.1. The normalized spacial score (nSPS) is 25.9. The van der Waals surface area contributed by atoms with E-state index in [4.69, 9.17) is 0 Å². The highest BCUT2D eigenvalue weighted by Crippen LogP contribution is 2.49. The Kier molecular flexibility index (Phi) is 1.99. The minimum absolute atomic E-state index is 0.000903.